The summed E-state index contributed by atoms with van der Waals surface area (Å²) in [4.78, 5) is 18.7. The smallest absolute Gasteiger partial charge is 0.264 e. The molecule has 126 valence electrons. The molecule has 24 heavy (non-hydrogen) atoms. The van der Waals surface area contributed by atoms with Crippen LogP contribution in [0.1, 0.15) is 35.4 Å². The van der Waals surface area contributed by atoms with Crippen LogP contribution in [0.25, 0.3) is 10.1 Å². The Kier molecular flexibility index (Phi) is 3.29. The van der Waals surface area contributed by atoms with Crippen LogP contribution in [0.5, 0.6) is 0 Å². The van der Waals surface area contributed by atoms with E-state index in [1.54, 1.807) is 11.3 Å². The van der Waals surface area contributed by atoms with Gasteiger partial charge in [0.1, 0.15) is 0 Å². The number of carbonyl (C=O) groups is 1. The molecule has 2 bridgehead atoms. The van der Waals surface area contributed by atoms with E-state index in [4.69, 9.17) is 11.6 Å². The Labute approximate surface area is 151 Å². The summed E-state index contributed by atoms with van der Waals surface area (Å²) in [5, 5.41) is 1.79. The van der Waals surface area contributed by atoms with Gasteiger partial charge in [0.2, 0.25) is 0 Å². The summed E-state index contributed by atoms with van der Waals surface area (Å²) in [7, 11) is 2.02. The van der Waals surface area contributed by atoms with E-state index < -0.39 is 0 Å². The van der Waals surface area contributed by atoms with E-state index in [1.165, 1.54) is 38.8 Å². The normalized spacial score (nSPS) is 30.0. The number of thiophene rings is 1. The van der Waals surface area contributed by atoms with Crippen LogP contribution in [0.2, 0.25) is 5.02 Å². The minimum absolute atomic E-state index is 0.178. The van der Waals surface area contributed by atoms with Gasteiger partial charge in [0.15, 0.2) is 0 Å². The van der Waals surface area contributed by atoms with Crippen molar-refractivity contribution in [1.29, 1.82) is 0 Å². The molecule has 2 aromatic rings. The Morgan fingerprint density at radius 1 is 1.29 bits per heavy atom. The number of halogens is 1. The molecule has 3 aliphatic heterocycles. The first-order valence-corrected chi connectivity index (χ1v) is 9.99. The predicted molar refractivity (Wildman–Crippen MR) is 99.0 cm³/mol. The summed E-state index contributed by atoms with van der Waals surface area (Å²) in [6, 6.07) is 8.24. The molecule has 4 aliphatic rings. The summed E-state index contributed by atoms with van der Waals surface area (Å²) in [5.74, 6) is 0.854. The Morgan fingerprint density at radius 3 is 2.75 bits per heavy atom. The Morgan fingerprint density at radius 2 is 2.04 bits per heavy atom. The molecule has 1 aliphatic carbocycles. The largest absolute Gasteiger partial charge is 0.336 e. The second-order valence-electron chi connectivity index (χ2n) is 7.58. The van der Waals surface area contributed by atoms with Crippen molar-refractivity contribution in [2.24, 2.45) is 5.92 Å². The van der Waals surface area contributed by atoms with Gasteiger partial charge in [-0.3, -0.25) is 9.69 Å². The molecule has 1 unspecified atom stereocenters. The number of carbonyl (C=O) groups excluding carboxylic acids is 1. The Bertz CT molecular complexity index is 820. The predicted octanol–water partition coefficient (Wildman–Crippen LogP) is 4.25. The molecule has 4 fully saturated rings. The van der Waals surface area contributed by atoms with Gasteiger partial charge in [0, 0.05) is 22.3 Å². The molecular formula is C19H21ClN2OS. The van der Waals surface area contributed by atoms with Crippen molar-refractivity contribution in [3.05, 3.63) is 34.2 Å². The lowest BCUT2D eigenvalue weighted by Gasteiger charge is -2.54. The third kappa shape index (κ3) is 2.09. The van der Waals surface area contributed by atoms with Gasteiger partial charge in [-0.2, -0.15) is 0 Å². The summed E-state index contributed by atoms with van der Waals surface area (Å²) in [5.41, 5.74) is 0.297. The second-order valence-corrected chi connectivity index (χ2v) is 9.10. The number of benzene rings is 1. The Balaban J connectivity index is 1.47. The molecule has 3 saturated heterocycles. The number of nitrogens with zero attached hydrogens (tertiary/aromatic N) is 2. The molecule has 3 nitrogen and oxygen atoms in total. The zero-order valence-corrected chi connectivity index (χ0v) is 15.4. The highest BCUT2D eigenvalue weighted by molar-refractivity contribution is 7.20. The first-order valence-electron chi connectivity index (χ1n) is 8.80. The molecule has 1 aromatic carbocycles. The fourth-order valence-corrected chi connectivity index (χ4v) is 6.33. The van der Waals surface area contributed by atoms with Crippen LogP contribution < -0.4 is 0 Å². The van der Waals surface area contributed by atoms with E-state index in [0.717, 1.165) is 20.0 Å². The molecular weight excluding hydrogens is 340 g/mol. The zero-order chi connectivity index (χ0) is 16.5. The lowest BCUT2D eigenvalue weighted by molar-refractivity contribution is -0.0415. The van der Waals surface area contributed by atoms with Crippen molar-refractivity contribution in [2.75, 3.05) is 20.1 Å². The molecule has 0 N–H and O–H groups in total. The topological polar surface area (TPSA) is 23.6 Å². The third-order valence-corrected chi connectivity index (χ3v) is 7.69. The fraction of sp³-hybridized carbons (Fsp3) is 0.526. The Hall–Kier alpha value is -1.10. The van der Waals surface area contributed by atoms with E-state index in [2.05, 4.69) is 9.80 Å². The highest BCUT2D eigenvalue weighted by Gasteiger charge is 2.62. The van der Waals surface area contributed by atoms with Crippen LogP contribution in [0.3, 0.4) is 0 Å². The van der Waals surface area contributed by atoms with Crippen LogP contribution in [0.15, 0.2) is 24.3 Å². The van der Waals surface area contributed by atoms with Crippen LogP contribution >= 0.6 is 22.9 Å². The highest BCUT2D eigenvalue weighted by Crippen LogP contribution is 2.55. The van der Waals surface area contributed by atoms with Crippen molar-refractivity contribution >= 4 is 38.9 Å². The maximum atomic E-state index is 13.2. The molecule has 5 heteroatoms. The van der Waals surface area contributed by atoms with Gasteiger partial charge >= 0.3 is 0 Å². The molecule has 1 amide bonds. The first kappa shape index (κ1) is 15.2. The summed E-state index contributed by atoms with van der Waals surface area (Å²) < 4.78 is 1.13. The molecule has 1 spiro atoms. The number of rotatable bonds is 2. The van der Waals surface area contributed by atoms with Crippen molar-refractivity contribution in [1.82, 2.24) is 9.80 Å². The number of amides is 1. The molecule has 6 rings (SSSR count). The van der Waals surface area contributed by atoms with E-state index >= 15 is 0 Å². The second kappa shape index (κ2) is 5.20. The number of hydrogen-bond acceptors (Lipinski definition) is 3. The van der Waals surface area contributed by atoms with Gasteiger partial charge in [-0.25, -0.2) is 0 Å². The van der Waals surface area contributed by atoms with E-state index in [-0.39, 0.29) is 5.91 Å². The van der Waals surface area contributed by atoms with Gasteiger partial charge in [-0.1, -0.05) is 11.6 Å². The molecule has 0 radical (unpaired) electrons. The van der Waals surface area contributed by atoms with Gasteiger partial charge in [0.05, 0.1) is 10.9 Å². The van der Waals surface area contributed by atoms with Crippen LogP contribution in [-0.4, -0.2) is 47.4 Å². The number of hydrogen-bond donors (Lipinski definition) is 0. The third-order valence-electron chi connectivity index (χ3n) is 6.36. The zero-order valence-electron chi connectivity index (χ0n) is 13.8. The van der Waals surface area contributed by atoms with Gasteiger partial charge in [-0.05, 0) is 74.3 Å². The lowest BCUT2D eigenvalue weighted by atomic mass is 9.76. The first-order chi connectivity index (χ1) is 11.6. The SMILES string of the molecule is CN(C(=O)c1cc2cc(Cl)ccc2s1)C1C2CCN(CC2)C12CC2. The highest BCUT2D eigenvalue weighted by atomic mass is 35.5. The number of fused-ring (bicyclic) bond motifs is 3. The van der Waals surface area contributed by atoms with Crippen LogP contribution in [0.4, 0.5) is 0 Å². The maximum absolute atomic E-state index is 13.2. The molecule has 4 heterocycles. The van der Waals surface area contributed by atoms with E-state index in [9.17, 15) is 4.79 Å². The molecule has 1 aromatic heterocycles. The standard InChI is InChI=1S/C19H21ClN2OS/c1-21(17-12-4-8-22(9-5-12)19(17)6-7-19)18(23)16-11-13-10-14(20)2-3-15(13)24-16/h2-3,10-12,17H,4-9H2,1H3. The minimum Gasteiger partial charge on any atom is -0.336 e. The maximum Gasteiger partial charge on any atom is 0.264 e. The van der Waals surface area contributed by atoms with Gasteiger partial charge < -0.3 is 4.90 Å². The van der Waals surface area contributed by atoms with Crippen LogP contribution in [0, 0.1) is 5.92 Å². The van der Waals surface area contributed by atoms with Gasteiger partial charge in [-0.15, -0.1) is 11.3 Å². The average molecular weight is 361 g/mol. The average Bonchev–Trinajstić information content (AvgIpc) is 3.24. The van der Waals surface area contributed by atoms with Gasteiger partial charge in [0.25, 0.3) is 5.91 Å². The summed E-state index contributed by atoms with van der Waals surface area (Å²) >= 11 is 7.67. The minimum atomic E-state index is 0.178. The van der Waals surface area contributed by atoms with E-state index in [1.807, 2.05) is 31.3 Å². The quantitative estimate of drug-likeness (QED) is 0.799. The van der Waals surface area contributed by atoms with Crippen molar-refractivity contribution in [3.63, 3.8) is 0 Å². The fourth-order valence-electron chi connectivity index (χ4n) is 5.12. The van der Waals surface area contributed by atoms with Crippen LogP contribution in [-0.2, 0) is 0 Å². The van der Waals surface area contributed by atoms with Crippen molar-refractivity contribution in [3.8, 4) is 0 Å². The number of likely N-dealkylation sites (N-methyl/N-ethyl adjacent to an activating group) is 1. The summed E-state index contributed by atoms with van der Waals surface area (Å²) in [6.45, 7) is 2.45. The van der Waals surface area contributed by atoms with Crippen molar-refractivity contribution in [2.45, 2.75) is 37.3 Å². The van der Waals surface area contributed by atoms with Crippen molar-refractivity contribution < 1.29 is 4.79 Å². The van der Waals surface area contributed by atoms with E-state index in [0.29, 0.717) is 17.5 Å². The molecule has 1 atom stereocenters. The lowest BCUT2D eigenvalue weighted by Crippen LogP contribution is -2.65. The number of piperidine rings is 3. The molecule has 1 saturated carbocycles. The summed E-state index contributed by atoms with van der Waals surface area (Å²) in [6.07, 6.45) is 5.00. The monoisotopic (exact) mass is 360 g/mol.